The summed E-state index contributed by atoms with van der Waals surface area (Å²) >= 11 is 0. The molecule has 0 spiro atoms. The Morgan fingerprint density at radius 2 is 1.61 bits per heavy atom. The number of aromatic hydroxyl groups is 4. The van der Waals surface area contributed by atoms with Gasteiger partial charge in [0.1, 0.15) is 41.8 Å². The Bertz CT molecular complexity index is 1250. The highest BCUT2D eigenvalue weighted by atomic mass is 16.7. The number of aliphatic hydroxyl groups is 4. The summed E-state index contributed by atoms with van der Waals surface area (Å²) in [6, 6.07) is 4.38. The fourth-order valence-corrected chi connectivity index (χ4v) is 3.54. The molecule has 0 saturated carbocycles. The normalized spacial score (nSPS) is 25.3. The number of ether oxygens (including phenoxy) is 2. The molecule has 5 unspecified atom stereocenters. The number of hydrogen-bond acceptors (Lipinski definition) is 12. The Hall–Kier alpha value is -3.55. The van der Waals surface area contributed by atoms with Crippen molar-refractivity contribution in [2.75, 3.05) is 6.61 Å². The summed E-state index contributed by atoms with van der Waals surface area (Å²) < 4.78 is 16.1. The van der Waals surface area contributed by atoms with E-state index in [0.717, 1.165) is 24.5 Å². The van der Waals surface area contributed by atoms with Crippen molar-refractivity contribution >= 4 is 11.0 Å². The van der Waals surface area contributed by atoms with Crippen molar-refractivity contribution in [2.45, 2.75) is 30.7 Å². The van der Waals surface area contributed by atoms with Gasteiger partial charge in [-0.05, 0) is 17.7 Å². The molecule has 12 nitrogen and oxygen atoms in total. The topological polar surface area (TPSA) is 211 Å². The van der Waals surface area contributed by atoms with Crippen molar-refractivity contribution in [3.8, 4) is 39.9 Å². The van der Waals surface area contributed by atoms with Crippen molar-refractivity contribution in [1.29, 1.82) is 0 Å². The van der Waals surface area contributed by atoms with Crippen LogP contribution in [0.2, 0.25) is 0 Å². The molecule has 4 rings (SSSR count). The smallest absolute Gasteiger partial charge is 0.229 e. The molecule has 0 radical (unpaired) electrons. The van der Waals surface area contributed by atoms with E-state index in [4.69, 9.17) is 13.9 Å². The second-order valence-electron chi connectivity index (χ2n) is 7.45. The summed E-state index contributed by atoms with van der Waals surface area (Å²) in [4.78, 5) is 13.1. The number of phenols is 4. The lowest BCUT2D eigenvalue weighted by Gasteiger charge is -2.39. The highest BCUT2D eigenvalue weighted by Gasteiger charge is 2.45. The van der Waals surface area contributed by atoms with Gasteiger partial charge in [0.05, 0.1) is 12.2 Å². The first kappa shape index (κ1) is 22.6. The molecule has 1 fully saturated rings. The van der Waals surface area contributed by atoms with E-state index in [1.165, 1.54) is 6.07 Å². The largest absolute Gasteiger partial charge is 0.507 e. The van der Waals surface area contributed by atoms with Crippen LogP contribution in [-0.2, 0) is 4.74 Å². The van der Waals surface area contributed by atoms with Gasteiger partial charge in [0.2, 0.25) is 17.5 Å². The first-order valence-electron chi connectivity index (χ1n) is 9.64. The van der Waals surface area contributed by atoms with E-state index in [1.54, 1.807) is 0 Å². The third-order valence-electron chi connectivity index (χ3n) is 5.33. The minimum atomic E-state index is -1.81. The average molecular weight is 464 g/mol. The van der Waals surface area contributed by atoms with E-state index < -0.39 is 82.5 Å². The van der Waals surface area contributed by atoms with E-state index in [9.17, 15) is 45.6 Å². The molecule has 1 aliphatic rings. The second-order valence-corrected chi connectivity index (χ2v) is 7.45. The van der Waals surface area contributed by atoms with Gasteiger partial charge in [-0.1, -0.05) is 6.07 Å². The number of rotatable bonds is 4. The fraction of sp³-hybridized carbons (Fsp3) is 0.286. The highest BCUT2D eigenvalue weighted by Crippen LogP contribution is 2.41. The standard InChI is InChI=1S/C21H20O12/c22-5-13-16(28)17(29)18(30)21(32-13)33-19-12(26)4-11(25)14-15(27)8(6-31-20(14)19)7-1-2-9(23)10(24)3-7/h1-4,6,13,16-18,21-26,28-30H,5H2. The second kappa shape index (κ2) is 8.42. The maximum absolute atomic E-state index is 13.1. The first-order valence-corrected chi connectivity index (χ1v) is 9.64. The summed E-state index contributed by atoms with van der Waals surface area (Å²) in [6.07, 6.45) is -7.23. The van der Waals surface area contributed by atoms with Crippen LogP contribution in [0, 0.1) is 0 Å². The molecular formula is C21H20O12. The van der Waals surface area contributed by atoms with E-state index in [2.05, 4.69) is 0 Å². The summed E-state index contributed by atoms with van der Waals surface area (Å²) in [7, 11) is 0. The molecule has 5 atom stereocenters. The van der Waals surface area contributed by atoms with E-state index in [0.29, 0.717) is 0 Å². The number of aliphatic hydroxyl groups excluding tert-OH is 4. The molecule has 2 aromatic carbocycles. The number of benzene rings is 2. The molecule has 3 aromatic rings. The number of hydrogen-bond donors (Lipinski definition) is 8. The number of phenolic OH excluding ortho intramolecular Hbond substituents is 4. The molecule has 33 heavy (non-hydrogen) atoms. The Kier molecular flexibility index (Phi) is 5.78. The quantitative estimate of drug-likeness (QED) is 0.229. The van der Waals surface area contributed by atoms with E-state index >= 15 is 0 Å². The lowest BCUT2D eigenvalue weighted by molar-refractivity contribution is -0.277. The summed E-state index contributed by atoms with van der Waals surface area (Å²) in [5.74, 6) is -2.79. The van der Waals surface area contributed by atoms with Crippen molar-refractivity contribution in [3.63, 3.8) is 0 Å². The zero-order chi connectivity index (χ0) is 24.0. The van der Waals surface area contributed by atoms with Crippen LogP contribution in [0.4, 0.5) is 0 Å². The van der Waals surface area contributed by atoms with Gasteiger partial charge in [0.25, 0.3) is 0 Å². The maximum atomic E-state index is 13.1. The monoisotopic (exact) mass is 464 g/mol. The fourth-order valence-electron chi connectivity index (χ4n) is 3.54. The molecule has 0 aliphatic carbocycles. The molecule has 12 heteroatoms. The van der Waals surface area contributed by atoms with Crippen LogP contribution in [0.5, 0.6) is 28.7 Å². The van der Waals surface area contributed by atoms with Crippen LogP contribution >= 0.6 is 0 Å². The predicted octanol–water partition coefficient (Wildman–Crippen LogP) is -0.539. The summed E-state index contributed by atoms with van der Waals surface area (Å²) in [5.41, 5.74) is -1.15. The van der Waals surface area contributed by atoms with Crippen molar-refractivity contribution in [2.24, 2.45) is 0 Å². The van der Waals surface area contributed by atoms with Crippen molar-refractivity contribution in [3.05, 3.63) is 40.8 Å². The minimum absolute atomic E-state index is 0.0995. The SMILES string of the molecule is O=c1c(-c2ccc(O)c(O)c2)coc2c(OC3OC(CO)C(O)C(O)C3O)c(O)cc(O)c12. The molecule has 1 saturated heterocycles. The minimum Gasteiger partial charge on any atom is -0.507 e. The maximum Gasteiger partial charge on any atom is 0.229 e. The van der Waals surface area contributed by atoms with Crippen LogP contribution in [0.15, 0.2) is 39.7 Å². The number of fused-ring (bicyclic) bond motifs is 1. The molecule has 1 aromatic heterocycles. The Morgan fingerprint density at radius 3 is 2.27 bits per heavy atom. The van der Waals surface area contributed by atoms with Gasteiger partial charge in [0, 0.05) is 6.07 Å². The molecule has 8 N–H and O–H groups in total. The van der Waals surface area contributed by atoms with Gasteiger partial charge in [-0.2, -0.15) is 0 Å². The Labute approximate surface area is 184 Å². The van der Waals surface area contributed by atoms with Gasteiger partial charge >= 0.3 is 0 Å². The molecule has 0 amide bonds. The molecule has 2 heterocycles. The zero-order valence-electron chi connectivity index (χ0n) is 16.7. The zero-order valence-corrected chi connectivity index (χ0v) is 16.7. The van der Waals surface area contributed by atoms with Gasteiger partial charge < -0.3 is 54.7 Å². The lowest BCUT2D eigenvalue weighted by atomic mass is 9.99. The first-order chi connectivity index (χ1) is 15.6. The van der Waals surface area contributed by atoms with Crippen LogP contribution in [0.25, 0.3) is 22.1 Å². The highest BCUT2D eigenvalue weighted by molar-refractivity contribution is 5.93. The summed E-state index contributed by atoms with van der Waals surface area (Å²) in [6.45, 7) is -0.717. The predicted molar refractivity (Wildman–Crippen MR) is 109 cm³/mol. The van der Waals surface area contributed by atoms with E-state index in [1.807, 2.05) is 0 Å². The Morgan fingerprint density at radius 1 is 0.879 bits per heavy atom. The van der Waals surface area contributed by atoms with Crippen molar-refractivity contribution in [1.82, 2.24) is 0 Å². The molecule has 1 aliphatic heterocycles. The van der Waals surface area contributed by atoms with Gasteiger partial charge in [-0.15, -0.1) is 0 Å². The summed E-state index contributed by atoms with van der Waals surface area (Å²) in [5, 5.41) is 78.7. The van der Waals surface area contributed by atoms with Gasteiger partial charge in [-0.3, -0.25) is 4.79 Å². The van der Waals surface area contributed by atoms with Crippen LogP contribution in [0.1, 0.15) is 0 Å². The molecular weight excluding hydrogens is 444 g/mol. The van der Waals surface area contributed by atoms with Crippen LogP contribution in [-0.4, -0.2) is 78.2 Å². The van der Waals surface area contributed by atoms with Crippen LogP contribution in [0.3, 0.4) is 0 Å². The van der Waals surface area contributed by atoms with Gasteiger partial charge in [0.15, 0.2) is 22.8 Å². The third kappa shape index (κ3) is 3.79. The van der Waals surface area contributed by atoms with Gasteiger partial charge in [-0.25, -0.2) is 0 Å². The van der Waals surface area contributed by atoms with Crippen LogP contribution < -0.4 is 10.2 Å². The van der Waals surface area contributed by atoms with Crippen molar-refractivity contribution < 1.29 is 54.7 Å². The lowest BCUT2D eigenvalue weighted by Crippen LogP contribution is -2.60. The third-order valence-corrected chi connectivity index (χ3v) is 5.33. The Balaban J connectivity index is 1.81. The average Bonchev–Trinajstić information content (AvgIpc) is 2.78. The molecule has 0 bridgehead atoms. The van der Waals surface area contributed by atoms with E-state index in [-0.39, 0.29) is 11.1 Å². The molecule has 176 valence electrons.